The predicted octanol–water partition coefficient (Wildman–Crippen LogP) is 3.05. The van der Waals surface area contributed by atoms with E-state index in [1.807, 2.05) is 20.8 Å². The summed E-state index contributed by atoms with van der Waals surface area (Å²) in [6.07, 6.45) is 4.70. The Morgan fingerprint density at radius 1 is 1.41 bits per heavy atom. The monoisotopic (exact) mass is 327 g/mol. The molecular formula is C15H22ClN3O3. The number of halogens is 1. The molecular weight excluding hydrogens is 306 g/mol. The van der Waals surface area contributed by atoms with Crippen molar-refractivity contribution in [1.29, 1.82) is 0 Å². The Kier molecular flexibility index (Phi) is 5.58. The van der Waals surface area contributed by atoms with Crippen molar-refractivity contribution in [1.82, 2.24) is 14.9 Å². The van der Waals surface area contributed by atoms with E-state index < -0.39 is 5.60 Å². The predicted molar refractivity (Wildman–Crippen MR) is 82.7 cm³/mol. The number of hydrogen-bond acceptors (Lipinski definition) is 5. The van der Waals surface area contributed by atoms with Crippen LogP contribution in [-0.2, 0) is 16.1 Å². The first-order valence-corrected chi connectivity index (χ1v) is 7.77. The minimum absolute atomic E-state index is 0.0327. The Morgan fingerprint density at radius 3 is 2.82 bits per heavy atom. The average molecular weight is 328 g/mol. The highest BCUT2D eigenvalue weighted by Gasteiger charge is 2.32. The number of carbonyl (C=O) groups excluding carboxylic acids is 1. The lowest BCUT2D eigenvalue weighted by Gasteiger charge is -2.28. The van der Waals surface area contributed by atoms with Crippen molar-refractivity contribution in [3.05, 3.63) is 23.2 Å². The van der Waals surface area contributed by atoms with E-state index in [4.69, 9.17) is 21.1 Å². The molecule has 1 aliphatic rings. The van der Waals surface area contributed by atoms with E-state index in [0.29, 0.717) is 24.0 Å². The van der Waals surface area contributed by atoms with E-state index in [0.717, 1.165) is 12.8 Å². The van der Waals surface area contributed by atoms with Gasteiger partial charge in [0.05, 0.1) is 19.3 Å². The Bertz CT molecular complexity index is 519. The van der Waals surface area contributed by atoms with Crippen molar-refractivity contribution in [3.8, 4) is 0 Å². The second-order valence-electron chi connectivity index (χ2n) is 6.28. The zero-order valence-electron chi connectivity index (χ0n) is 13.2. The van der Waals surface area contributed by atoms with Gasteiger partial charge in [0.15, 0.2) is 5.15 Å². The summed E-state index contributed by atoms with van der Waals surface area (Å²) >= 11 is 5.93. The van der Waals surface area contributed by atoms with E-state index in [1.54, 1.807) is 11.1 Å². The van der Waals surface area contributed by atoms with E-state index in [1.165, 1.54) is 6.20 Å². The van der Waals surface area contributed by atoms with E-state index >= 15 is 0 Å². The van der Waals surface area contributed by atoms with Gasteiger partial charge in [0, 0.05) is 18.9 Å². The van der Waals surface area contributed by atoms with Crippen molar-refractivity contribution in [2.24, 2.45) is 0 Å². The molecule has 0 radical (unpaired) electrons. The topological polar surface area (TPSA) is 64.5 Å². The van der Waals surface area contributed by atoms with Crippen molar-refractivity contribution in [2.45, 2.75) is 51.9 Å². The zero-order chi connectivity index (χ0) is 16.2. The SMILES string of the molecule is CC(C)(C)OC(=O)N1CCC[C@@H]1COCc1nccnc1Cl. The summed E-state index contributed by atoms with van der Waals surface area (Å²) in [7, 11) is 0. The molecule has 6 nitrogen and oxygen atoms in total. The summed E-state index contributed by atoms with van der Waals surface area (Å²) in [6, 6.07) is 0.0327. The van der Waals surface area contributed by atoms with Gasteiger partial charge in [-0.05, 0) is 33.6 Å². The van der Waals surface area contributed by atoms with Crippen molar-refractivity contribution < 1.29 is 14.3 Å². The highest BCUT2D eigenvalue weighted by Crippen LogP contribution is 2.21. The fraction of sp³-hybridized carbons (Fsp3) is 0.667. The van der Waals surface area contributed by atoms with E-state index in [2.05, 4.69) is 9.97 Å². The summed E-state index contributed by atoms with van der Waals surface area (Å²) in [5.41, 5.74) is 0.115. The summed E-state index contributed by atoms with van der Waals surface area (Å²) in [4.78, 5) is 22.0. The molecule has 2 heterocycles. The van der Waals surface area contributed by atoms with Crippen LogP contribution in [0.2, 0.25) is 5.15 Å². The molecule has 1 saturated heterocycles. The minimum atomic E-state index is -0.488. The smallest absolute Gasteiger partial charge is 0.410 e. The third-order valence-corrected chi connectivity index (χ3v) is 3.59. The Hall–Kier alpha value is -1.40. The van der Waals surface area contributed by atoms with Crippen LogP contribution in [-0.4, -0.2) is 45.8 Å². The maximum absolute atomic E-state index is 12.2. The van der Waals surface area contributed by atoms with Crippen LogP contribution >= 0.6 is 11.6 Å². The molecule has 0 N–H and O–H groups in total. The molecule has 0 unspecified atom stereocenters. The molecule has 122 valence electrons. The molecule has 1 amide bonds. The first-order valence-electron chi connectivity index (χ1n) is 7.39. The molecule has 0 spiro atoms. The maximum Gasteiger partial charge on any atom is 0.410 e. The number of amides is 1. The third-order valence-electron chi connectivity index (χ3n) is 3.28. The molecule has 0 aliphatic carbocycles. The Balaban J connectivity index is 1.84. The van der Waals surface area contributed by atoms with E-state index in [-0.39, 0.29) is 18.7 Å². The van der Waals surface area contributed by atoms with Crippen LogP contribution in [0.1, 0.15) is 39.3 Å². The maximum atomic E-state index is 12.2. The lowest BCUT2D eigenvalue weighted by Crippen LogP contribution is -2.41. The Morgan fingerprint density at radius 2 is 2.14 bits per heavy atom. The van der Waals surface area contributed by atoms with Crippen LogP contribution in [0.25, 0.3) is 0 Å². The molecule has 22 heavy (non-hydrogen) atoms. The minimum Gasteiger partial charge on any atom is -0.444 e. The second kappa shape index (κ2) is 7.24. The lowest BCUT2D eigenvalue weighted by atomic mass is 10.2. The zero-order valence-corrected chi connectivity index (χ0v) is 14.0. The van der Waals surface area contributed by atoms with Gasteiger partial charge in [-0.25, -0.2) is 9.78 Å². The summed E-state index contributed by atoms with van der Waals surface area (Å²) in [6.45, 7) is 7.01. The average Bonchev–Trinajstić information content (AvgIpc) is 2.87. The van der Waals surface area contributed by atoms with Crippen LogP contribution < -0.4 is 0 Å². The molecule has 1 aliphatic heterocycles. The van der Waals surface area contributed by atoms with Gasteiger partial charge in [-0.15, -0.1) is 0 Å². The Labute approximate surface area is 135 Å². The van der Waals surface area contributed by atoms with E-state index in [9.17, 15) is 4.79 Å². The summed E-state index contributed by atoms with van der Waals surface area (Å²) in [5.74, 6) is 0. The van der Waals surface area contributed by atoms with Gasteiger partial charge in [0.2, 0.25) is 0 Å². The molecule has 0 aromatic carbocycles. The fourth-order valence-electron chi connectivity index (χ4n) is 2.31. The third kappa shape index (κ3) is 4.81. The standard InChI is InChI=1S/C15H22ClN3O3/c1-15(2,3)22-14(20)19-8-4-5-11(19)9-21-10-12-13(16)18-7-6-17-12/h6-7,11H,4-5,8-10H2,1-3H3/t11-/m1/s1. The van der Waals surface area contributed by atoms with Crippen LogP contribution in [0, 0.1) is 0 Å². The second-order valence-corrected chi connectivity index (χ2v) is 6.64. The molecule has 1 fully saturated rings. The highest BCUT2D eigenvalue weighted by atomic mass is 35.5. The van der Waals surface area contributed by atoms with Crippen molar-refractivity contribution >= 4 is 17.7 Å². The highest BCUT2D eigenvalue weighted by molar-refractivity contribution is 6.29. The molecule has 0 bridgehead atoms. The number of hydrogen-bond donors (Lipinski definition) is 0. The van der Waals surface area contributed by atoms with Gasteiger partial charge in [-0.1, -0.05) is 11.6 Å². The van der Waals surface area contributed by atoms with Gasteiger partial charge in [0.25, 0.3) is 0 Å². The van der Waals surface area contributed by atoms with Gasteiger partial charge in [-0.2, -0.15) is 0 Å². The number of carbonyl (C=O) groups is 1. The molecule has 1 atom stereocenters. The largest absolute Gasteiger partial charge is 0.444 e. The van der Waals surface area contributed by atoms with Gasteiger partial charge >= 0.3 is 6.09 Å². The van der Waals surface area contributed by atoms with Gasteiger partial charge in [0.1, 0.15) is 11.3 Å². The van der Waals surface area contributed by atoms with Crippen molar-refractivity contribution in [2.75, 3.05) is 13.2 Å². The number of aromatic nitrogens is 2. The van der Waals surface area contributed by atoms with Crippen LogP contribution in [0.3, 0.4) is 0 Å². The number of rotatable bonds is 4. The van der Waals surface area contributed by atoms with Crippen LogP contribution in [0.15, 0.2) is 12.4 Å². The quantitative estimate of drug-likeness (QED) is 0.850. The van der Waals surface area contributed by atoms with Gasteiger partial charge < -0.3 is 14.4 Å². The lowest BCUT2D eigenvalue weighted by molar-refractivity contribution is 0.00854. The summed E-state index contributed by atoms with van der Waals surface area (Å²) < 4.78 is 11.1. The molecule has 7 heteroatoms. The molecule has 2 rings (SSSR count). The normalized spacial score (nSPS) is 18.5. The first kappa shape index (κ1) is 17.0. The fourth-order valence-corrected chi connectivity index (χ4v) is 2.47. The molecule has 1 aromatic heterocycles. The van der Waals surface area contributed by atoms with Crippen LogP contribution in [0.4, 0.5) is 4.79 Å². The number of nitrogens with zero attached hydrogens (tertiary/aromatic N) is 3. The van der Waals surface area contributed by atoms with Gasteiger partial charge in [-0.3, -0.25) is 4.98 Å². The van der Waals surface area contributed by atoms with Crippen molar-refractivity contribution in [3.63, 3.8) is 0 Å². The first-order chi connectivity index (χ1) is 10.4. The summed E-state index contributed by atoms with van der Waals surface area (Å²) in [5, 5.41) is 0.345. The molecule has 1 aromatic rings. The molecule has 0 saturated carbocycles. The number of likely N-dealkylation sites (tertiary alicyclic amines) is 1. The number of ether oxygens (including phenoxy) is 2. The van der Waals surface area contributed by atoms with Crippen LogP contribution in [0.5, 0.6) is 0 Å².